The van der Waals surface area contributed by atoms with Crippen molar-refractivity contribution in [3.8, 4) is 0 Å². The standard InChI is InChI=1S/C10H16N2.H3N/c1-3-11-9-5-7-10(8-6-9)12-4-2;/h5-8,11-12H,3-4H2,1-2H3;1H3. The third kappa shape index (κ3) is 3.80. The fourth-order valence-electron chi connectivity index (χ4n) is 1.11. The van der Waals surface area contributed by atoms with Crippen LogP contribution in [0.4, 0.5) is 11.4 Å². The van der Waals surface area contributed by atoms with Crippen molar-refractivity contribution in [1.29, 1.82) is 0 Å². The van der Waals surface area contributed by atoms with E-state index in [9.17, 15) is 0 Å². The predicted molar refractivity (Wildman–Crippen MR) is 59.8 cm³/mol. The Balaban J connectivity index is 0.00000144. The second-order valence-electron chi connectivity index (χ2n) is 2.64. The van der Waals surface area contributed by atoms with E-state index in [1.165, 1.54) is 11.4 Å². The molecule has 0 saturated heterocycles. The van der Waals surface area contributed by atoms with Crippen LogP contribution in [-0.4, -0.2) is 13.1 Å². The summed E-state index contributed by atoms with van der Waals surface area (Å²) in [6.07, 6.45) is 0. The molecule has 5 N–H and O–H groups in total. The minimum Gasteiger partial charge on any atom is -0.385 e. The molecule has 0 bridgehead atoms. The van der Waals surface area contributed by atoms with Gasteiger partial charge >= 0.3 is 0 Å². The van der Waals surface area contributed by atoms with Crippen LogP contribution in [0.15, 0.2) is 24.3 Å². The number of hydrogen-bond donors (Lipinski definition) is 3. The topological polar surface area (TPSA) is 59.1 Å². The minimum absolute atomic E-state index is 0. The molecule has 13 heavy (non-hydrogen) atoms. The van der Waals surface area contributed by atoms with Gasteiger partial charge in [-0.15, -0.1) is 0 Å². The Morgan fingerprint density at radius 2 is 1.15 bits per heavy atom. The summed E-state index contributed by atoms with van der Waals surface area (Å²) in [5.74, 6) is 0. The Kier molecular flexibility index (Phi) is 5.72. The Hall–Kier alpha value is -1.22. The number of nitrogens with one attached hydrogen (secondary N) is 2. The highest BCUT2D eigenvalue weighted by Crippen LogP contribution is 2.12. The van der Waals surface area contributed by atoms with E-state index in [1.807, 2.05) is 0 Å². The average Bonchev–Trinajstić information content (AvgIpc) is 2.09. The van der Waals surface area contributed by atoms with Crippen LogP contribution in [0, 0.1) is 0 Å². The van der Waals surface area contributed by atoms with Gasteiger partial charge in [-0.1, -0.05) is 0 Å². The van der Waals surface area contributed by atoms with Crippen LogP contribution in [-0.2, 0) is 0 Å². The third-order valence-electron chi connectivity index (χ3n) is 1.65. The summed E-state index contributed by atoms with van der Waals surface area (Å²) in [4.78, 5) is 0. The van der Waals surface area contributed by atoms with Gasteiger partial charge in [-0.3, -0.25) is 0 Å². The molecule has 0 aliphatic heterocycles. The summed E-state index contributed by atoms with van der Waals surface area (Å²) in [7, 11) is 0. The van der Waals surface area contributed by atoms with Crippen LogP contribution < -0.4 is 16.8 Å². The highest BCUT2D eigenvalue weighted by Gasteiger charge is 1.90. The normalized spacial score (nSPS) is 8.77. The Bertz CT molecular complexity index is 193. The van der Waals surface area contributed by atoms with Crippen LogP contribution in [0.25, 0.3) is 0 Å². The lowest BCUT2D eigenvalue weighted by molar-refractivity contribution is 1.20. The highest BCUT2D eigenvalue weighted by molar-refractivity contribution is 5.53. The zero-order chi connectivity index (χ0) is 8.81. The first-order chi connectivity index (χ1) is 5.86. The average molecular weight is 181 g/mol. The molecule has 0 spiro atoms. The molecule has 0 aliphatic rings. The second-order valence-corrected chi connectivity index (χ2v) is 2.64. The number of hydrogen-bond acceptors (Lipinski definition) is 3. The third-order valence-corrected chi connectivity index (χ3v) is 1.65. The van der Waals surface area contributed by atoms with Crippen LogP contribution in [0.3, 0.4) is 0 Å². The number of rotatable bonds is 4. The molecular weight excluding hydrogens is 162 g/mol. The van der Waals surface area contributed by atoms with Crippen molar-refractivity contribution in [3.63, 3.8) is 0 Å². The largest absolute Gasteiger partial charge is 0.385 e. The number of anilines is 2. The van der Waals surface area contributed by atoms with Crippen LogP contribution in [0.1, 0.15) is 13.8 Å². The summed E-state index contributed by atoms with van der Waals surface area (Å²) in [5, 5.41) is 6.50. The van der Waals surface area contributed by atoms with Gasteiger partial charge in [0.25, 0.3) is 0 Å². The van der Waals surface area contributed by atoms with Crippen LogP contribution in [0.5, 0.6) is 0 Å². The van der Waals surface area contributed by atoms with Gasteiger partial charge in [-0.05, 0) is 38.1 Å². The van der Waals surface area contributed by atoms with Crippen LogP contribution in [0.2, 0.25) is 0 Å². The lowest BCUT2D eigenvalue weighted by Crippen LogP contribution is -1.98. The van der Waals surface area contributed by atoms with Gasteiger partial charge in [0, 0.05) is 24.5 Å². The zero-order valence-corrected chi connectivity index (χ0v) is 8.43. The Labute approximate surface area is 80.1 Å². The van der Waals surface area contributed by atoms with Crippen molar-refractivity contribution >= 4 is 11.4 Å². The van der Waals surface area contributed by atoms with Crippen molar-refractivity contribution in [2.24, 2.45) is 0 Å². The van der Waals surface area contributed by atoms with Gasteiger partial charge in [-0.2, -0.15) is 0 Å². The van der Waals surface area contributed by atoms with Gasteiger partial charge in [0.15, 0.2) is 0 Å². The van der Waals surface area contributed by atoms with Gasteiger partial charge in [0.1, 0.15) is 0 Å². The van der Waals surface area contributed by atoms with Gasteiger partial charge in [-0.25, -0.2) is 0 Å². The predicted octanol–water partition coefficient (Wildman–Crippen LogP) is 2.71. The molecule has 0 heterocycles. The first-order valence-electron chi connectivity index (χ1n) is 4.44. The van der Waals surface area contributed by atoms with E-state index in [4.69, 9.17) is 0 Å². The maximum Gasteiger partial charge on any atom is 0.0341 e. The van der Waals surface area contributed by atoms with E-state index in [2.05, 4.69) is 48.7 Å². The fourth-order valence-corrected chi connectivity index (χ4v) is 1.11. The monoisotopic (exact) mass is 181 g/mol. The molecule has 1 rings (SSSR count). The van der Waals surface area contributed by atoms with E-state index in [0.717, 1.165) is 13.1 Å². The smallest absolute Gasteiger partial charge is 0.0341 e. The lowest BCUT2D eigenvalue weighted by atomic mass is 10.3. The molecule has 1 aromatic carbocycles. The maximum absolute atomic E-state index is 3.25. The summed E-state index contributed by atoms with van der Waals surface area (Å²) >= 11 is 0. The molecule has 0 aromatic heterocycles. The Morgan fingerprint density at radius 3 is 1.38 bits per heavy atom. The molecule has 0 unspecified atom stereocenters. The van der Waals surface area contributed by atoms with Gasteiger partial charge < -0.3 is 16.8 Å². The number of benzene rings is 1. The van der Waals surface area contributed by atoms with E-state index in [0.29, 0.717) is 0 Å². The second kappa shape index (κ2) is 6.31. The summed E-state index contributed by atoms with van der Waals surface area (Å²) in [5.41, 5.74) is 2.36. The van der Waals surface area contributed by atoms with Crippen molar-refractivity contribution in [3.05, 3.63) is 24.3 Å². The van der Waals surface area contributed by atoms with Gasteiger partial charge in [0.05, 0.1) is 0 Å². The molecule has 0 aliphatic carbocycles. The molecule has 3 heteroatoms. The molecule has 0 amide bonds. The quantitative estimate of drug-likeness (QED) is 0.669. The fraction of sp³-hybridized carbons (Fsp3) is 0.400. The first kappa shape index (κ1) is 11.8. The summed E-state index contributed by atoms with van der Waals surface area (Å²) in [6, 6.07) is 8.34. The molecule has 1 aromatic rings. The Morgan fingerprint density at radius 1 is 0.846 bits per heavy atom. The van der Waals surface area contributed by atoms with E-state index in [-0.39, 0.29) is 6.15 Å². The lowest BCUT2D eigenvalue weighted by Gasteiger charge is -2.05. The van der Waals surface area contributed by atoms with E-state index >= 15 is 0 Å². The minimum atomic E-state index is 0. The summed E-state index contributed by atoms with van der Waals surface area (Å²) in [6.45, 7) is 6.14. The van der Waals surface area contributed by atoms with Gasteiger partial charge in [0.2, 0.25) is 0 Å². The highest BCUT2D eigenvalue weighted by atomic mass is 14.9. The molecule has 0 saturated carbocycles. The molecule has 3 nitrogen and oxygen atoms in total. The molecular formula is C10H19N3. The molecule has 0 fully saturated rings. The van der Waals surface area contributed by atoms with Crippen molar-refractivity contribution in [2.75, 3.05) is 23.7 Å². The van der Waals surface area contributed by atoms with Crippen molar-refractivity contribution < 1.29 is 0 Å². The molecule has 0 atom stereocenters. The first-order valence-corrected chi connectivity index (χ1v) is 4.44. The van der Waals surface area contributed by atoms with Crippen molar-refractivity contribution in [2.45, 2.75) is 13.8 Å². The molecule has 0 radical (unpaired) electrons. The maximum atomic E-state index is 3.25. The SMILES string of the molecule is CCNc1ccc(NCC)cc1.N. The van der Waals surface area contributed by atoms with E-state index < -0.39 is 0 Å². The summed E-state index contributed by atoms with van der Waals surface area (Å²) < 4.78 is 0. The molecule has 74 valence electrons. The van der Waals surface area contributed by atoms with E-state index in [1.54, 1.807) is 0 Å². The zero-order valence-electron chi connectivity index (χ0n) is 8.43. The van der Waals surface area contributed by atoms with Crippen LogP contribution >= 0.6 is 0 Å². The van der Waals surface area contributed by atoms with Crippen molar-refractivity contribution in [1.82, 2.24) is 6.15 Å².